The molecule has 7 heteroatoms. The number of nitrogens with one attached hydrogen (secondary N) is 2. The second-order valence-electron chi connectivity index (χ2n) is 6.38. The third-order valence-corrected chi connectivity index (χ3v) is 4.38. The lowest BCUT2D eigenvalue weighted by molar-refractivity contribution is -0.118. The van der Waals surface area contributed by atoms with Crippen LogP contribution in [0.2, 0.25) is 0 Å². The van der Waals surface area contributed by atoms with Gasteiger partial charge < -0.3 is 20.1 Å². The zero-order valence-electron chi connectivity index (χ0n) is 15.5. The zero-order chi connectivity index (χ0) is 20.1. The molecule has 0 unspecified atom stereocenters. The third-order valence-electron chi connectivity index (χ3n) is 4.38. The Hall–Kier alpha value is -3.87. The van der Waals surface area contributed by atoms with Crippen molar-refractivity contribution in [1.29, 1.82) is 0 Å². The average molecular weight is 389 g/mol. The van der Waals surface area contributed by atoms with Crippen LogP contribution >= 0.6 is 0 Å². The van der Waals surface area contributed by atoms with Crippen LogP contribution in [0.3, 0.4) is 0 Å². The molecule has 4 rings (SSSR count). The first kappa shape index (κ1) is 18.5. The molecule has 1 aromatic heterocycles. The largest absolute Gasteiger partial charge is 0.486 e. The fourth-order valence-electron chi connectivity index (χ4n) is 2.98. The van der Waals surface area contributed by atoms with Crippen LogP contribution in [-0.4, -0.2) is 30.0 Å². The average Bonchev–Trinajstić information content (AvgIpc) is 2.78. The Morgan fingerprint density at radius 2 is 1.66 bits per heavy atom. The Bertz CT molecular complexity index is 1010. The van der Waals surface area contributed by atoms with Crippen LogP contribution in [0.15, 0.2) is 72.9 Å². The quantitative estimate of drug-likeness (QED) is 0.700. The number of carbonyl (C=O) groups is 2. The summed E-state index contributed by atoms with van der Waals surface area (Å²) in [6, 6.07) is 18.4. The van der Waals surface area contributed by atoms with Crippen molar-refractivity contribution in [3.8, 4) is 11.5 Å². The summed E-state index contributed by atoms with van der Waals surface area (Å²) in [5.74, 6) is 0.397. The highest BCUT2D eigenvalue weighted by Gasteiger charge is 2.24. The van der Waals surface area contributed by atoms with E-state index in [1.54, 1.807) is 48.5 Å². The molecule has 0 saturated carbocycles. The van der Waals surface area contributed by atoms with E-state index < -0.39 is 11.9 Å². The van der Waals surface area contributed by atoms with Gasteiger partial charge in [-0.2, -0.15) is 0 Å². The van der Waals surface area contributed by atoms with E-state index in [4.69, 9.17) is 9.47 Å². The predicted octanol–water partition coefficient (Wildman–Crippen LogP) is 2.96. The van der Waals surface area contributed by atoms with Crippen LogP contribution in [-0.2, 0) is 4.79 Å². The van der Waals surface area contributed by atoms with Crippen molar-refractivity contribution in [2.45, 2.75) is 6.04 Å². The maximum atomic E-state index is 13.0. The van der Waals surface area contributed by atoms with Crippen molar-refractivity contribution in [2.24, 2.45) is 0 Å². The molecule has 0 radical (unpaired) electrons. The summed E-state index contributed by atoms with van der Waals surface area (Å²) < 4.78 is 11.1. The van der Waals surface area contributed by atoms with Crippen molar-refractivity contribution in [2.75, 3.05) is 18.5 Å². The molecule has 0 fully saturated rings. The lowest BCUT2D eigenvalue weighted by Crippen LogP contribution is -2.37. The smallest absolute Gasteiger partial charge is 0.270 e. The monoisotopic (exact) mass is 389 g/mol. The molecular formula is C22H19N3O4. The maximum absolute atomic E-state index is 13.0. The van der Waals surface area contributed by atoms with Gasteiger partial charge in [0.05, 0.1) is 0 Å². The third kappa shape index (κ3) is 4.35. The van der Waals surface area contributed by atoms with Crippen LogP contribution in [0.4, 0.5) is 5.69 Å². The Kier molecular flexibility index (Phi) is 5.38. The number of anilines is 1. The van der Waals surface area contributed by atoms with E-state index in [0.29, 0.717) is 36.0 Å². The van der Waals surface area contributed by atoms with Gasteiger partial charge >= 0.3 is 0 Å². The van der Waals surface area contributed by atoms with Crippen LogP contribution in [0.1, 0.15) is 22.1 Å². The van der Waals surface area contributed by atoms with Gasteiger partial charge in [0.1, 0.15) is 24.9 Å². The molecule has 2 N–H and O–H groups in total. The van der Waals surface area contributed by atoms with Gasteiger partial charge in [0.25, 0.3) is 11.8 Å². The van der Waals surface area contributed by atoms with Crippen molar-refractivity contribution in [1.82, 2.24) is 10.3 Å². The number of hydrogen-bond acceptors (Lipinski definition) is 5. The highest BCUT2D eigenvalue weighted by atomic mass is 16.6. The number of fused-ring (bicyclic) bond motifs is 1. The summed E-state index contributed by atoms with van der Waals surface area (Å²) >= 11 is 0. The first-order valence-corrected chi connectivity index (χ1v) is 9.18. The standard InChI is InChI=1S/C22H19N3O4/c26-21(17-8-4-5-11-23-17)25-20(15-6-2-1-3-7-15)22(27)24-16-9-10-18-19(14-16)29-13-12-28-18/h1-11,14,20H,12-13H2,(H,24,27)(H,25,26)/t20-/m1/s1. The SMILES string of the molecule is O=C(N[C@@H](C(=O)Nc1ccc2c(c1)OCCO2)c1ccccc1)c1ccccn1. The topological polar surface area (TPSA) is 89.6 Å². The number of aromatic nitrogens is 1. The summed E-state index contributed by atoms with van der Waals surface area (Å²) in [6.07, 6.45) is 1.53. The molecule has 3 aromatic rings. The number of nitrogens with zero attached hydrogens (tertiary/aromatic N) is 1. The molecule has 2 amide bonds. The van der Waals surface area contributed by atoms with Crippen LogP contribution in [0, 0.1) is 0 Å². The summed E-state index contributed by atoms with van der Waals surface area (Å²) in [5, 5.41) is 5.60. The first-order valence-electron chi connectivity index (χ1n) is 9.18. The zero-order valence-corrected chi connectivity index (χ0v) is 15.5. The van der Waals surface area contributed by atoms with Crippen molar-refractivity contribution < 1.29 is 19.1 Å². The van der Waals surface area contributed by atoms with E-state index in [-0.39, 0.29) is 11.6 Å². The fraction of sp³-hybridized carbons (Fsp3) is 0.136. The van der Waals surface area contributed by atoms with Gasteiger partial charge in [0.15, 0.2) is 11.5 Å². The lowest BCUT2D eigenvalue weighted by Gasteiger charge is -2.21. The lowest BCUT2D eigenvalue weighted by atomic mass is 10.1. The molecule has 0 aliphatic carbocycles. The van der Waals surface area contributed by atoms with Gasteiger partial charge in [0, 0.05) is 18.0 Å². The molecule has 1 atom stereocenters. The second kappa shape index (κ2) is 8.43. The summed E-state index contributed by atoms with van der Waals surface area (Å²) in [4.78, 5) is 29.7. The number of carbonyl (C=O) groups excluding carboxylic acids is 2. The normalized spacial score (nSPS) is 13.2. The van der Waals surface area contributed by atoms with Gasteiger partial charge in [-0.05, 0) is 29.8 Å². The number of hydrogen-bond donors (Lipinski definition) is 2. The summed E-state index contributed by atoms with van der Waals surface area (Å²) in [6.45, 7) is 0.950. The Labute approximate surface area is 167 Å². The molecule has 7 nitrogen and oxygen atoms in total. The molecule has 1 aliphatic heterocycles. The van der Waals surface area contributed by atoms with Crippen molar-refractivity contribution >= 4 is 17.5 Å². The molecule has 1 aliphatic rings. The van der Waals surface area contributed by atoms with Crippen molar-refractivity contribution in [3.63, 3.8) is 0 Å². The van der Waals surface area contributed by atoms with Crippen LogP contribution < -0.4 is 20.1 Å². The summed E-state index contributed by atoms with van der Waals surface area (Å²) in [5.41, 5.74) is 1.44. The second-order valence-corrected chi connectivity index (χ2v) is 6.38. The van der Waals surface area contributed by atoms with E-state index in [0.717, 1.165) is 0 Å². The van der Waals surface area contributed by atoms with E-state index in [2.05, 4.69) is 15.6 Å². The minimum atomic E-state index is -0.890. The first-order chi connectivity index (χ1) is 14.2. The van der Waals surface area contributed by atoms with E-state index >= 15 is 0 Å². The molecule has 0 spiro atoms. The Morgan fingerprint density at radius 3 is 2.41 bits per heavy atom. The van der Waals surface area contributed by atoms with Gasteiger partial charge in [-0.3, -0.25) is 14.6 Å². The predicted molar refractivity (Wildman–Crippen MR) is 107 cm³/mol. The van der Waals surface area contributed by atoms with Gasteiger partial charge in [-0.1, -0.05) is 36.4 Å². The Balaban J connectivity index is 1.56. The number of ether oxygens (including phenoxy) is 2. The number of rotatable bonds is 5. The van der Waals surface area contributed by atoms with E-state index in [9.17, 15) is 9.59 Å². The minimum Gasteiger partial charge on any atom is -0.486 e. The molecule has 0 bridgehead atoms. The Morgan fingerprint density at radius 1 is 0.897 bits per heavy atom. The number of pyridine rings is 1. The maximum Gasteiger partial charge on any atom is 0.270 e. The molecule has 146 valence electrons. The van der Waals surface area contributed by atoms with Gasteiger partial charge in [-0.15, -0.1) is 0 Å². The van der Waals surface area contributed by atoms with Crippen molar-refractivity contribution in [3.05, 3.63) is 84.2 Å². The molecular weight excluding hydrogens is 370 g/mol. The van der Waals surface area contributed by atoms with Crippen LogP contribution in [0.5, 0.6) is 11.5 Å². The van der Waals surface area contributed by atoms with E-state index in [1.807, 2.05) is 18.2 Å². The van der Waals surface area contributed by atoms with Crippen LogP contribution in [0.25, 0.3) is 0 Å². The number of benzene rings is 2. The fourth-order valence-corrected chi connectivity index (χ4v) is 2.98. The molecule has 29 heavy (non-hydrogen) atoms. The minimum absolute atomic E-state index is 0.237. The molecule has 2 aromatic carbocycles. The molecule has 2 heterocycles. The highest BCUT2D eigenvalue weighted by molar-refractivity contribution is 6.01. The van der Waals surface area contributed by atoms with Gasteiger partial charge in [0.2, 0.25) is 0 Å². The summed E-state index contributed by atoms with van der Waals surface area (Å²) in [7, 11) is 0. The highest BCUT2D eigenvalue weighted by Crippen LogP contribution is 2.32. The molecule has 0 saturated heterocycles. The van der Waals surface area contributed by atoms with E-state index in [1.165, 1.54) is 6.20 Å². The van der Waals surface area contributed by atoms with Gasteiger partial charge in [-0.25, -0.2) is 0 Å². The number of amides is 2.